The second-order valence-corrected chi connectivity index (χ2v) is 3.70. The third-order valence-electron chi connectivity index (χ3n) is 2.20. The van der Waals surface area contributed by atoms with Crippen LogP contribution in [0.1, 0.15) is 6.42 Å². The molecule has 1 aromatic rings. The minimum atomic E-state index is -0.596. The first kappa shape index (κ1) is 10.1. The molecule has 5 heteroatoms. The zero-order valence-corrected chi connectivity index (χ0v) is 8.42. The summed E-state index contributed by atoms with van der Waals surface area (Å²) in [7, 11) is 0. The third-order valence-corrected chi connectivity index (χ3v) is 2.51. The molecule has 0 radical (unpaired) electrons. The van der Waals surface area contributed by atoms with Gasteiger partial charge < -0.3 is 4.90 Å². The van der Waals surface area contributed by atoms with Crippen molar-refractivity contribution in [2.24, 2.45) is 0 Å². The van der Waals surface area contributed by atoms with Crippen molar-refractivity contribution in [2.45, 2.75) is 6.42 Å². The summed E-state index contributed by atoms with van der Waals surface area (Å²) >= 11 is 5.51. The fourth-order valence-electron chi connectivity index (χ4n) is 1.47. The average Bonchev–Trinajstić information content (AvgIpc) is 2.50. The van der Waals surface area contributed by atoms with Gasteiger partial charge in [0.05, 0.1) is 18.0 Å². The fraction of sp³-hybridized carbons (Fsp3) is 0.200. The second-order valence-electron chi connectivity index (χ2n) is 3.29. The van der Waals surface area contributed by atoms with Gasteiger partial charge in [-0.1, -0.05) is 11.6 Å². The quantitative estimate of drug-likeness (QED) is 0.686. The normalized spacial score (nSPS) is 16.3. The van der Waals surface area contributed by atoms with Crippen LogP contribution < -0.4 is 4.90 Å². The van der Waals surface area contributed by atoms with Gasteiger partial charge in [0.1, 0.15) is 5.82 Å². The number of carbonyl (C=O) groups excluding carboxylic acids is 2. The largest absolute Gasteiger partial charge is 0.304 e. The van der Waals surface area contributed by atoms with Crippen LogP contribution >= 0.6 is 11.6 Å². The molecule has 1 saturated heterocycles. The predicted molar refractivity (Wildman–Crippen MR) is 53.4 cm³/mol. The summed E-state index contributed by atoms with van der Waals surface area (Å²) < 4.78 is 13.1. The number of carbonyl (C=O) groups is 2. The van der Waals surface area contributed by atoms with Crippen molar-refractivity contribution in [2.75, 3.05) is 11.4 Å². The molecule has 0 aromatic heterocycles. The molecule has 0 aliphatic carbocycles. The molecular formula is C10H7ClFNO2. The zero-order chi connectivity index (χ0) is 11.0. The molecule has 2 rings (SSSR count). The van der Waals surface area contributed by atoms with E-state index in [9.17, 15) is 14.0 Å². The minimum absolute atomic E-state index is 0.00303. The first-order chi connectivity index (χ1) is 7.08. The van der Waals surface area contributed by atoms with E-state index in [2.05, 4.69) is 0 Å². The lowest BCUT2D eigenvalue weighted by molar-refractivity contribution is -0.121. The number of halogens is 2. The molecule has 15 heavy (non-hydrogen) atoms. The van der Waals surface area contributed by atoms with Gasteiger partial charge in [0, 0.05) is 5.69 Å². The maximum absolute atomic E-state index is 13.1. The molecule has 0 unspecified atom stereocenters. The summed E-state index contributed by atoms with van der Waals surface area (Å²) in [6, 6.07) is 4.03. The van der Waals surface area contributed by atoms with Crippen molar-refractivity contribution < 1.29 is 14.0 Å². The van der Waals surface area contributed by atoms with Crippen LogP contribution in [0.25, 0.3) is 0 Å². The molecule has 0 bridgehead atoms. The van der Waals surface area contributed by atoms with Gasteiger partial charge in [-0.3, -0.25) is 9.59 Å². The molecular weight excluding hydrogens is 221 g/mol. The Morgan fingerprint density at radius 1 is 1.33 bits per heavy atom. The molecule has 0 atom stereocenters. The first-order valence-corrected chi connectivity index (χ1v) is 4.73. The van der Waals surface area contributed by atoms with E-state index >= 15 is 0 Å². The van der Waals surface area contributed by atoms with E-state index < -0.39 is 5.82 Å². The van der Waals surface area contributed by atoms with Crippen molar-refractivity contribution in [1.82, 2.24) is 0 Å². The molecule has 1 amide bonds. The number of nitrogens with zero attached hydrogens (tertiary/aromatic N) is 1. The van der Waals surface area contributed by atoms with Gasteiger partial charge in [-0.05, 0) is 18.2 Å². The van der Waals surface area contributed by atoms with E-state index in [1.807, 2.05) is 0 Å². The van der Waals surface area contributed by atoms with Gasteiger partial charge in [-0.2, -0.15) is 0 Å². The lowest BCUT2D eigenvalue weighted by atomic mass is 10.3. The highest BCUT2D eigenvalue weighted by molar-refractivity contribution is 6.30. The smallest absolute Gasteiger partial charge is 0.234 e. The van der Waals surface area contributed by atoms with Gasteiger partial charge in [0.2, 0.25) is 5.91 Å². The van der Waals surface area contributed by atoms with Crippen LogP contribution in [0.2, 0.25) is 5.02 Å². The second kappa shape index (κ2) is 3.62. The molecule has 1 aromatic carbocycles. The molecule has 0 saturated carbocycles. The van der Waals surface area contributed by atoms with E-state index in [4.69, 9.17) is 11.6 Å². The fourth-order valence-corrected chi connectivity index (χ4v) is 1.59. The summed E-state index contributed by atoms with van der Waals surface area (Å²) in [6.07, 6.45) is -0.107. The number of amides is 1. The van der Waals surface area contributed by atoms with Crippen LogP contribution in [0.3, 0.4) is 0 Å². The van der Waals surface area contributed by atoms with E-state index in [0.717, 1.165) is 6.07 Å². The van der Waals surface area contributed by atoms with Crippen LogP contribution in [0, 0.1) is 5.82 Å². The lowest BCUT2D eigenvalue weighted by Crippen LogP contribution is -2.24. The van der Waals surface area contributed by atoms with Crippen LogP contribution in [0.5, 0.6) is 0 Å². The SMILES string of the molecule is O=C1CC(=O)N(c2ccc(Cl)c(F)c2)C1. The summed E-state index contributed by atoms with van der Waals surface area (Å²) in [5.41, 5.74) is 0.368. The standard InChI is InChI=1S/C10H7ClFNO2/c11-8-2-1-6(3-9(8)12)13-5-7(14)4-10(13)15/h1-3H,4-5H2. The van der Waals surface area contributed by atoms with E-state index in [1.165, 1.54) is 17.0 Å². The Morgan fingerprint density at radius 3 is 2.60 bits per heavy atom. The number of anilines is 1. The minimum Gasteiger partial charge on any atom is -0.304 e. The summed E-state index contributed by atoms with van der Waals surface area (Å²) in [5.74, 6) is -1.06. The highest BCUT2D eigenvalue weighted by Gasteiger charge is 2.28. The van der Waals surface area contributed by atoms with Crippen LogP contribution in [-0.4, -0.2) is 18.2 Å². The molecule has 3 nitrogen and oxygen atoms in total. The van der Waals surface area contributed by atoms with E-state index in [-0.39, 0.29) is 29.7 Å². The molecule has 1 heterocycles. The maximum atomic E-state index is 13.1. The molecule has 0 N–H and O–H groups in total. The number of rotatable bonds is 1. The van der Waals surface area contributed by atoms with Crippen molar-refractivity contribution in [1.29, 1.82) is 0 Å². The molecule has 0 spiro atoms. The van der Waals surface area contributed by atoms with Gasteiger partial charge >= 0.3 is 0 Å². The monoisotopic (exact) mass is 227 g/mol. The summed E-state index contributed by atoms with van der Waals surface area (Å²) in [4.78, 5) is 23.6. The van der Waals surface area contributed by atoms with Crippen LogP contribution in [0.15, 0.2) is 18.2 Å². The van der Waals surface area contributed by atoms with Crippen molar-refractivity contribution in [3.63, 3.8) is 0 Å². The van der Waals surface area contributed by atoms with Gasteiger partial charge in [0.15, 0.2) is 5.78 Å². The predicted octanol–water partition coefficient (Wildman–Crippen LogP) is 1.78. The molecule has 1 aliphatic heterocycles. The highest BCUT2D eigenvalue weighted by atomic mass is 35.5. The number of hydrogen-bond donors (Lipinski definition) is 0. The Hall–Kier alpha value is -1.42. The third kappa shape index (κ3) is 1.85. The topological polar surface area (TPSA) is 37.4 Å². The number of hydrogen-bond acceptors (Lipinski definition) is 2. The van der Waals surface area contributed by atoms with Crippen molar-refractivity contribution >= 4 is 29.0 Å². The molecule has 1 fully saturated rings. The molecule has 1 aliphatic rings. The Bertz CT molecular complexity index is 447. The highest BCUT2D eigenvalue weighted by Crippen LogP contribution is 2.24. The summed E-state index contributed by atoms with van der Waals surface area (Å²) in [6.45, 7) is 0.0138. The zero-order valence-electron chi connectivity index (χ0n) is 7.67. The Morgan fingerprint density at radius 2 is 2.07 bits per heavy atom. The van der Waals surface area contributed by atoms with Crippen molar-refractivity contribution in [3.8, 4) is 0 Å². The van der Waals surface area contributed by atoms with E-state index in [0.29, 0.717) is 5.69 Å². The van der Waals surface area contributed by atoms with Crippen LogP contribution in [-0.2, 0) is 9.59 Å². The van der Waals surface area contributed by atoms with Gasteiger partial charge in [-0.15, -0.1) is 0 Å². The first-order valence-electron chi connectivity index (χ1n) is 4.35. The Labute approximate surface area is 90.4 Å². The average molecular weight is 228 g/mol. The number of ketones is 1. The maximum Gasteiger partial charge on any atom is 0.234 e. The van der Waals surface area contributed by atoms with Crippen molar-refractivity contribution in [3.05, 3.63) is 29.0 Å². The van der Waals surface area contributed by atoms with Gasteiger partial charge in [0.25, 0.3) is 0 Å². The number of benzene rings is 1. The van der Waals surface area contributed by atoms with Gasteiger partial charge in [-0.25, -0.2) is 4.39 Å². The summed E-state index contributed by atoms with van der Waals surface area (Å²) in [5, 5.41) is -0.00303. The van der Waals surface area contributed by atoms with Crippen LogP contribution in [0.4, 0.5) is 10.1 Å². The number of Topliss-reactive ketones (excluding diaryl/α,β-unsaturated/α-hetero) is 1. The lowest BCUT2D eigenvalue weighted by Gasteiger charge is -2.14. The Kier molecular flexibility index (Phi) is 2.44. The Balaban J connectivity index is 2.34. The van der Waals surface area contributed by atoms with E-state index in [1.54, 1.807) is 0 Å². The molecule has 78 valence electrons.